The van der Waals surface area contributed by atoms with Crippen LogP contribution in [0.3, 0.4) is 0 Å². The Balaban J connectivity index is 1.07. The smallest absolute Gasteiger partial charge is 0.335 e. The summed E-state index contributed by atoms with van der Waals surface area (Å²) < 4.78 is 18.1. The number of nitrogens with zero attached hydrogens (tertiary/aromatic N) is 4. The highest BCUT2D eigenvalue weighted by Gasteiger charge is 2.44. The minimum Gasteiger partial charge on any atom is -0.478 e. The van der Waals surface area contributed by atoms with Gasteiger partial charge in [-0.2, -0.15) is 4.98 Å². The molecule has 9 nitrogen and oxygen atoms in total. The predicted octanol–water partition coefficient (Wildman–Crippen LogP) is 7.30. The summed E-state index contributed by atoms with van der Waals surface area (Å²) >= 11 is 13.0. The van der Waals surface area contributed by atoms with Crippen molar-refractivity contribution >= 4 is 35.2 Å². The van der Waals surface area contributed by atoms with Gasteiger partial charge in [-0.1, -0.05) is 39.6 Å². The summed E-state index contributed by atoms with van der Waals surface area (Å²) in [6, 6.07) is 11.3. The number of rotatable bonds is 8. The Hall–Kier alpha value is -3.40. The van der Waals surface area contributed by atoms with Crippen molar-refractivity contribution in [1.29, 1.82) is 0 Å². The van der Waals surface area contributed by atoms with Crippen LogP contribution in [-0.4, -0.2) is 44.6 Å². The number of aromatic nitrogens is 3. The van der Waals surface area contributed by atoms with Gasteiger partial charge in [0.2, 0.25) is 5.82 Å². The zero-order valence-electron chi connectivity index (χ0n) is 22.3. The SMILES string of the molecule is Cc1cc(C(=O)O)ccc1-c1noc(N2[C@@H]3CC[C@H]2CC(OCc2c(-c4c(Cl)cccc4Cl)noc2C2CC2)C3)n1. The van der Waals surface area contributed by atoms with Crippen molar-refractivity contribution in [2.75, 3.05) is 4.90 Å². The van der Waals surface area contributed by atoms with Crippen molar-refractivity contribution in [2.45, 2.75) is 76.2 Å². The molecule has 212 valence electrons. The molecule has 1 unspecified atom stereocenters. The number of piperidine rings is 1. The topological polar surface area (TPSA) is 115 Å². The lowest BCUT2D eigenvalue weighted by Gasteiger charge is -2.37. The maximum Gasteiger partial charge on any atom is 0.335 e. The molecule has 3 aliphatic rings. The number of fused-ring (bicyclic) bond motifs is 2. The van der Waals surface area contributed by atoms with Crippen molar-refractivity contribution in [1.82, 2.24) is 15.3 Å². The van der Waals surface area contributed by atoms with Gasteiger partial charge in [-0.05, 0) is 81.3 Å². The van der Waals surface area contributed by atoms with Gasteiger partial charge in [-0.3, -0.25) is 0 Å². The van der Waals surface area contributed by atoms with E-state index >= 15 is 0 Å². The highest BCUT2D eigenvalue weighted by atomic mass is 35.5. The van der Waals surface area contributed by atoms with E-state index < -0.39 is 5.97 Å². The Kier molecular flexibility index (Phi) is 6.76. The maximum absolute atomic E-state index is 11.3. The second-order valence-electron chi connectivity index (χ2n) is 11.2. The number of aryl methyl sites for hydroxylation is 1. The summed E-state index contributed by atoms with van der Waals surface area (Å²) in [6.45, 7) is 2.23. The van der Waals surface area contributed by atoms with Crippen LogP contribution in [0.5, 0.6) is 0 Å². The molecule has 4 aromatic rings. The van der Waals surface area contributed by atoms with Crippen LogP contribution >= 0.6 is 23.2 Å². The number of hydrogen-bond acceptors (Lipinski definition) is 8. The molecule has 4 heterocycles. The van der Waals surface area contributed by atoms with E-state index in [9.17, 15) is 9.90 Å². The number of carboxylic acids is 1. The fourth-order valence-corrected chi connectivity index (χ4v) is 6.88. The molecule has 41 heavy (non-hydrogen) atoms. The third kappa shape index (κ3) is 4.90. The van der Waals surface area contributed by atoms with Crippen LogP contribution in [0.25, 0.3) is 22.6 Å². The Morgan fingerprint density at radius 2 is 1.78 bits per heavy atom. The van der Waals surface area contributed by atoms with Crippen LogP contribution in [0, 0.1) is 6.92 Å². The second-order valence-corrected chi connectivity index (χ2v) is 12.0. The van der Waals surface area contributed by atoms with Gasteiger partial charge in [0.05, 0.1) is 28.3 Å². The molecule has 7 rings (SSSR count). The molecule has 0 amide bonds. The number of halogens is 2. The van der Waals surface area contributed by atoms with E-state index in [1.54, 1.807) is 18.2 Å². The molecule has 2 saturated heterocycles. The van der Waals surface area contributed by atoms with Crippen molar-refractivity contribution in [3.05, 3.63) is 68.9 Å². The summed E-state index contributed by atoms with van der Waals surface area (Å²) in [5, 5.41) is 18.9. The standard InChI is InChI=1S/C30H28Cl2N4O5/c1-15-11-17(29(37)38)7-10-21(15)28-33-30(41-35-28)36-18-8-9-19(36)13-20(12-18)39-14-22-26(34-40-27(22)16-5-6-16)25-23(31)3-2-4-24(25)32/h2-4,7,10-11,16,18-20H,5-6,8-9,12-14H2,1H3,(H,37,38)/t18-,19+,20?. The van der Waals surface area contributed by atoms with Crippen molar-refractivity contribution in [2.24, 2.45) is 0 Å². The van der Waals surface area contributed by atoms with Crippen LogP contribution in [0.15, 0.2) is 45.4 Å². The lowest BCUT2D eigenvalue weighted by molar-refractivity contribution is 0.0138. The monoisotopic (exact) mass is 594 g/mol. The van der Waals surface area contributed by atoms with Gasteiger partial charge < -0.3 is 23.8 Å². The van der Waals surface area contributed by atoms with E-state index in [-0.39, 0.29) is 23.8 Å². The van der Waals surface area contributed by atoms with E-state index in [1.165, 1.54) is 0 Å². The minimum absolute atomic E-state index is 0.0634. The van der Waals surface area contributed by atoms with Crippen molar-refractivity contribution in [3.63, 3.8) is 0 Å². The maximum atomic E-state index is 11.3. The van der Waals surface area contributed by atoms with Gasteiger partial charge in [0, 0.05) is 34.7 Å². The molecule has 3 fully saturated rings. The average Bonchev–Trinajstić information content (AvgIpc) is 3.42. The molecule has 3 atom stereocenters. The summed E-state index contributed by atoms with van der Waals surface area (Å²) in [5.41, 5.74) is 4.04. The number of aromatic carboxylic acids is 1. The normalized spacial score (nSPS) is 21.9. The molecule has 1 N–H and O–H groups in total. The minimum atomic E-state index is -0.966. The van der Waals surface area contributed by atoms with E-state index in [1.807, 2.05) is 25.1 Å². The molecule has 11 heteroatoms. The van der Waals surface area contributed by atoms with Crippen molar-refractivity contribution < 1.29 is 23.7 Å². The Labute approximate surface area is 246 Å². The second kappa shape index (κ2) is 10.5. The molecule has 2 bridgehead atoms. The zero-order chi connectivity index (χ0) is 28.2. The largest absolute Gasteiger partial charge is 0.478 e. The van der Waals surface area contributed by atoms with Gasteiger partial charge in [-0.25, -0.2) is 4.79 Å². The van der Waals surface area contributed by atoms with Gasteiger partial charge in [0.1, 0.15) is 11.5 Å². The van der Waals surface area contributed by atoms with Gasteiger partial charge in [-0.15, -0.1) is 0 Å². The lowest BCUT2D eigenvalue weighted by atomic mass is 9.99. The fraction of sp³-hybridized carbons (Fsp3) is 0.400. The first kappa shape index (κ1) is 26.5. The van der Waals surface area contributed by atoms with Crippen LogP contribution in [0.2, 0.25) is 10.0 Å². The number of benzene rings is 2. The molecule has 0 radical (unpaired) electrons. The quantitative estimate of drug-likeness (QED) is 0.224. The molecule has 0 spiro atoms. The number of hydrogen-bond donors (Lipinski definition) is 1. The Morgan fingerprint density at radius 3 is 2.44 bits per heavy atom. The first-order valence-electron chi connectivity index (χ1n) is 13.9. The molecule has 1 aliphatic carbocycles. The van der Waals surface area contributed by atoms with E-state index in [4.69, 9.17) is 42.0 Å². The molecule has 2 aromatic carbocycles. The summed E-state index contributed by atoms with van der Waals surface area (Å²) in [5.74, 6) is 0.733. The fourth-order valence-electron chi connectivity index (χ4n) is 6.30. The molecule has 2 aromatic heterocycles. The summed E-state index contributed by atoms with van der Waals surface area (Å²) in [7, 11) is 0. The highest BCUT2D eigenvalue weighted by Crippen LogP contribution is 2.47. The number of ether oxygens (including phenoxy) is 1. The zero-order valence-corrected chi connectivity index (χ0v) is 23.9. The van der Waals surface area contributed by atoms with Crippen LogP contribution in [0.4, 0.5) is 6.01 Å². The number of anilines is 1. The van der Waals surface area contributed by atoms with Crippen molar-refractivity contribution in [3.8, 4) is 22.6 Å². The first-order chi connectivity index (χ1) is 19.9. The third-order valence-electron chi connectivity index (χ3n) is 8.47. The lowest BCUT2D eigenvalue weighted by Crippen LogP contribution is -2.45. The Bertz CT molecular complexity index is 1600. The predicted molar refractivity (Wildman–Crippen MR) is 152 cm³/mol. The average molecular weight is 595 g/mol. The van der Waals surface area contributed by atoms with Gasteiger partial charge in [0.15, 0.2) is 0 Å². The summed E-state index contributed by atoms with van der Waals surface area (Å²) in [6.07, 6.45) is 5.95. The van der Waals surface area contributed by atoms with Crippen LogP contribution in [0.1, 0.15) is 71.7 Å². The van der Waals surface area contributed by atoms with Gasteiger partial charge in [0.25, 0.3) is 0 Å². The Morgan fingerprint density at radius 1 is 1.05 bits per heavy atom. The number of carboxylic acid groups (broad SMARTS) is 1. The third-order valence-corrected chi connectivity index (χ3v) is 9.10. The highest BCUT2D eigenvalue weighted by molar-refractivity contribution is 6.39. The first-order valence-corrected chi connectivity index (χ1v) is 14.6. The molecular formula is C30H28Cl2N4O5. The van der Waals surface area contributed by atoms with E-state index in [0.29, 0.717) is 45.7 Å². The van der Waals surface area contributed by atoms with Crippen LogP contribution in [-0.2, 0) is 11.3 Å². The molecule has 1 saturated carbocycles. The van der Waals surface area contributed by atoms with Crippen LogP contribution < -0.4 is 4.90 Å². The van der Waals surface area contributed by atoms with E-state index in [2.05, 4.69) is 15.2 Å². The summed E-state index contributed by atoms with van der Waals surface area (Å²) in [4.78, 5) is 18.2. The molecule has 2 aliphatic heterocycles. The number of carbonyl (C=O) groups is 1. The van der Waals surface area contributed by atoms with Gasteiger partial charge >= 0.3 is 12.0 Å². The van der Waals surface area contributed by atoms with E-state index in [0.717, 1.165) is 61.0 Å². The molecular weight excluding hydrogens is 567 g/mol.